The molecule has 0 fully saturated rings. The first-order valence-corrected chi connectivity index (χ1v) is 4.58. The van der Waals surface area contributed by atoms with Crippen molar-refractivity contribution in [3.8, 4) is 11.8 Å². The molecule has 0 aliphatic carbocycles. The van der Waals surface area contributed by atoms with Gasteiger partial charge in [0.25, 0.3) is 0 Å². The average Bonchev–Trinajstić information content (AvgIpc) is 2.24. The van der Waals surface area contributed by atoms with E-state index in [1.54, 1.807) is 6.07 Å². The number of nitrogens with zero attached hydrogens (tertiary/aromatic N) is 1. The molecule has 1 rings (SSSR count). The van der Waals surface area contributed by atoms with Crippen LogP contribution in [0.2, 0.25) is 0 Å². The minimum Gasteiger partial charge on any atom is -0.483 e. The summed E-state index contributed by atoms with van der Waals surface area (Å²) < 4.78 is 40.5. The maximum Gasteiger partial charge on any atom is 0.422 e. The van der Waals surface area contributed by atoms with E-state index in [2.05, 4.69) is 4.74 Å². The fourth-order valence-corrected chi connectivity index (χ4v) is 1.16. The summed E-state index contributed by atoms with van der Waals surface area (Å²) in [5.74, 6) is -0.652. The molecule has 0 spiro atoms. The molecule has 0 amide bonds. The first kappa shape index (κ1) is 13.0. The van der Waals surface area contributed by atoms with Gasteiger partial charge in [0, 0.05) is 0 Å². The Morgan fingerprint density at radius 2 is 2.12 bits per heavy atom. The summed E-state index contributed by atoms with van der Waals surface area (Å²) in [4.78, 5) is 11.1. The summed E-state index contributed by atoms with van der Waals surface area (Å²) in [5.41, 5.74) is 0.153. The molecule has 3 nitrogen and oxygen atoms in total. The van der Waals surface area contributed by atoms with Crippen LogP contribution in [0.3, 0.4) is 0 Å². The smallest absolute Gasteiger partial charge is 0.422 e. The molecule has 0 bridgehead atoms. The predicted molar refractivity (Wildman–Crippen MR) is 52.7 cm³/mol. The Bertz CT molecular complexity index is 475. The molecule has 0 aromatic heterocycles. The lowest BCUT2D eigenvalue weighted by Gasteiger charge is -2.11. The van der Waals surface area contributed by atoms with Crippen molar-refractivity contribution >= 4 is 5.78 Å². The highest BCUT2D eigenvalue weighted by molar-refractivity contribution is 5.97. The molecule has 0 saturated heterocycles. The van der Waals surface area contributed by atoms with E-state index in [9.17, 15) is 18.0 Å². The van der Waals surface area contributed by atoms with Crippen LogP contribution >= 0.6 is 0 Å². The highest BCUT2D eigenvalue weighted by Crippen LogP contribution is 2.24. The first-order chi connectivity index (χ1) is 7.83. The molecular formula is C11H8F3NO2. The molecule has 0 aliphatic heterocycles. The first-order valence-electron chi connectivity index (χ1n) is 4.58. The van der Waals surface area contributed by atoms with Crippen molar-refractivity contribution < 1.29 is 22.7 Å². The summed E-state index contributed by atoms with van der Waals surface area (Å²) in [5, 5.41) is 8.61. The van der Waals surface area contributed by atoms with Gasteiger partial charge in [0.05, 0.1) is 17.2 Å². The van der Waals surface area contributed by atoms with Crippen molar-refractivity contribution in [1.29, 1.82) is 5.26 Å². The van der Waals surface area contributed by atoms with Crippen LogP contribution in [-0.2, 0) is 0 Å². The maximum absolute atomic E-state index is 12.0. The van der Waals surface area contributed by atoms with Gasteiger partial charge < -0.3 is 4.74 Å². The fourth-order valence-electron chi connectivity index (χ4n) is 1.16. The summed E-state index contributed by atoms with van der Waals surface area (Å²) >= 11 is 0. The van der Waals surface area contributed by atoms with Crippen molar-refractivity contribution in [2.45, 2.75) is 13.1 Å². The molecule has 6 heteroatoms. The van der Waals surface area contributed by atoms with Gasteiger partial charge in [0.15, 0.2) is 12.4 Å². The topological polar surface area (TPSA) is 50.1 Å². The second kappa shape index (κ2) is 4.87. The minimum absolute atomic E-state index is 0.0215. The highest BCUT2D eigenvalue weighted by atomic mass is 19.4. The van der Waals surface area contributed by atoms with Crippen LogP contribution < -0.4 is 4.74 Å². The van der Waals surface area contributed by atoms with Crippen molar-refractivity contribution in [3.63, 3.8) is 0 Å². The third-order valence-electron chi connectivity index (χ3n) is 1.88. The molecule has 0 aliphatic rings. The molecule has 0 saturated carbocycles. The quantitative estimate of drug-likeness (QED) is 0.767. The van der Waals surface area contributed by atoms with Crippen LogP contribution in [0.1, 0.15) is 22.8 Å². The zero-order valence-corrected chi connectivity index (χ0v) is 8.84. The van der Waals surface area contributed by atoms with E-state index in [4.69, 9.17) is 5.26 Å². The zero-order valence-electron chi connectivity index (χ0n) is 8.84. The Labute approximate surface area is 95.4 Å². The number of rotatable bonds is 3. The molecule has 0 unspecified atom stereocenters. The summed E-state index contributed by atoms with van der Waals surface area (Å²) in [7, 11) is 0. The number of carbonyl (C=O) groups excluding carboxylic acids is 1. The Balaban J connectivity index is 3.02. The third kappa shape index (κ3) is 3.79. The summed E-state index contributed by atoms with van der Waals surface area (Å²) in [6, 6.07) is 5.49. The number of ether oxygens (including phenoxy) is 1. The minimum atomic E-state index is -4.49. The van der Waals surface area contributed by atoms with E-state index in [-0.39, 0.29) is 16.9 Å². The zero-order chi connectivity index (χ0) is 13.1. The molecule has 1 aromatic rings. The lowest BCUT2D eigenvalue weighted by molar-refractivity contribution is -0.153. The molecule has 17 heavy (non-hydrogen) atoms. The summed E-state index contributed by atoms with van der Waals surface area (Å²) in [6.07, 6.45) is -4.49. The highest BCUT2D eigenvalue weighted by Gasteiger charge is 2.29. The number of Topliss-reactive ketones (excluding diaryl/α,β-unsaturated/α-hetero) is 1. The SMILES string of the molecule is CC(=O)c1ccc(C#N)cc1OCC(F)(F)F. The standard InChI is InChI=1S/C11H8F3NO2/c1-7(16)9-3-2-8(5-15)4-10(9)17-6-11(12,13)14/h2-4H,6H2,1H3. The monoisotopic (exact) mass is 243 g/mol. The van der Waals surface area contributed by atoms with E-state index in [0.29, 0.717) is 0 Å². The van der Waals surface area contributed by atoms with Crippen LogP contribution in [-0.4, -0.2) is 18.6 Å². The number of nitriles is 1. The van der Waals surface area contributed by atoms with Crippen molar-refractivity contribution in [1.82, 2.24) is 0 Å². The van der Waals surface area contributed by atoms with Crippen LogP contribution in [0.5, 0.6) is 5.75 Å². The fraction of sp³-hybridized carbons (Fsp3) is 0.273. The van der Waals surface area contributed by atoms with Gasteiger partial charge in [-0.1, -0.05) is 0 Å². The molecule has 0 atom stereocenters. The largest absolute Gasteiger partial charge is 0.483 e. The lowest BCUT2D eigenvalue weighted by atomic mass is 10.1. The molecule has 90 valence electrons. The number of halogens is 3. The van der Waals surface area contributed by atoms with E-state index in [1.807, 2.05) is 0 Å². The number of hydrogen-bond donors (Lipinski definition) is 0. The normalized spacial score (nSPS) is 10.8. The Morgan fingerprint density at radius 3 is 2.59 bits per heavy atom. The Morgan fingerprint density at radius 1 is 1.47 bits per heavy atom. The number of ketones is 1. The van der Waals surface area contributed by atoms with Gasteiger partial charge in [-0.3, -0.25) is 4.79 Å². The van der Waals surface area contributed by atoms with Gasteiger partial charge in [-0.05, 0) is 25.1 Å². The van der Waals surface area contributed by atoms with Crippen LogP contribution in [0.4, 0.5) is 13.2 Å². The van der Waals surface area contributed by atoms with E-state index in [0.717, 1.165) is 6.07 Å². The number of benzene rings is 1. The number of alkyl halides is 3. The van der Waals surface area contributed by atoms with E-state index < -0.39 is 18.6 Å². The predicted octanol–water partition coefficient (Wildman–Crippen LogP) is 2.70. The van der Waals surface area contributed by atoms with Gasteiger partial charge in [-0.15, -0.1) is 0 Å². The van der Waals surface area contributed by atoms with E-state index >= 15 is 0 Å². The number of carbonyl (C=O) groups is 1. The van der Waals surface area contributed by atoms with Gasteiger partial charge in [-0.2, -0.15) is 18.4 Å². The van der Waals surface area contributed by atoms with Crippen LogP contribution in [0.25, 0.3) is 0 Å². The van der Waals surface area contributed by atoms with E-state index in [1.165, 1.54) is 19.1 Å². The van der Waals surface area contributed by atoms with Gasteiger partial charge in [0.2, 0.25) is 0 Å². The van der Waals surface area contributed by atoms with Gasteiger partial charge in [0.1, 0.15) is 5.75 Å². The molecule has 0 radical (unpaired) electrons. The van der Waals surface area contributed by atoms with Crippen LogP contribution in [0, 0.1) is 11.3 Å². The Kier molecular flexibility index (Phi) is 3.73. The molecular weight excluding hydrogens is 235 g/mol. The molecule has 0 heterocycles. The van der Waals surface area contributed by atoms with Gasteiger partial charge in [-0.25, -0.2) is 0 Å². The molecule has 1 aromatic carbocycles. The van der Waals surface area contributed by atoms with Crippen molar-refractivity contribution in [3.05, 3.63) is 29.3 Å². The average molecular weight is 243 g/mol. The second-order valence-corrected chi connectivity index (χ2v) is 3.28. The lowest BCUT2D eigenvalue weighted by Crippen LogP contribution is -2.20. The van der Waals surface area contributed by atoms with Crippen molar-refractivity contribution in [2.24, 2.45) is 0 Å². The Hall–Kier alpha value is -2.03. The summed E-state index contributed by atoms with van der Waals surface area (Å²) in [6.45, 7) is -0.288. The van der Waals surface area contributed by atoms with Crippen molar-refractivity contribution in [2.75, 3.05) is 6.61 Å². The third-order valence-corrected chi connectivity index (χ3v) is 1.88. The second-order valence-electron chi connectivity index (χ2n) is 3.28. The van der Waals surface area contributed by atoms with Crippen LogP contribution in [0.15, 0.2) is 18.2 Å². The molecule has 0 N–H and O–H groups in total. The van der Waals surface area contributed by atoms with Gasteiger partial charge >= 0.3 is 6.18 Å². The number of hydrogen-bond acceptors (Lipinski definition) is 3. The maximum atomic E-state index is 12.0.